The number of ether oxygens (including phenoxy) is 1. The van der Waals surface area contributed by atoms with E-state index in [9.17, 15) is 28.4 Å². The molecule has 5 amide bonds. The van der Waals surface area contributed by atoms with Crippen LogP contribution in [0.25, 0.3) is 0 Å². The minimum Gasteiger partial charge on any atom is -0.454 e. The van der Waals surface area contributed by atoms with Crippen LogP contribution in [0.4, 0.5) is 14.9 Å². The maximum atomic E-state index is 13.2. The van der Waals surface area contributed by atoms with E-state index in [0.717, 1.165) is 34.8 Å². The number of hydrogen-bond donors (Lipinski definition) is 2. The van der Waals surface area contributed by atoms with Gasteiger partial charge in [0, 0.05) is 18.7 Å². The molecule has 1 heterocycles. The molecule has 166 valence electrons. The fourth-order valence-electron chi connectivity index (χ4n) is 3.43. The van der Waals surface area contributed by atoms with Crippen molar-refractivity contribution in [3.05, 3.63) is 30.1 Å². The Morgan fingerprint density at radius 1 is 1.26 bits per heavy atom. The fraction of sp³-hybridized carbons (Fsp3) is 0.450. The zero-order valence-electron chi connectivity index (χ0n) is 16.9. The lowest BCUT2D eigenvalue weighted by molar-refractivity contribution is -0.150. The molecule has 1 saturated carbocycles. The zero-order chi connectivity index (χ0) is 22.8. The van der Waals surface area contributed by atoms with Crippen LogP contribution in [0, 0.1) is 11.7 Å². The van der Waals surface area contributed by atoms with Crippen molar-refractivity contribution < 1.29 is 33.1 Å². The molecule has 1 atom stereocenters. The molecule has 0 aromatic heterocycles. The summed E-state index contributed by atoms with van der Waals surface area (Å²) in [6.07, 6.45) is 1.49. The fourth-order valence-corrected chi connectivity index (χ4v) is 3.43. The highest BCUT2D eigenvalue weighted by molar-refractivity contribution is 6.09. The number of urea groups is 1. The number of nitrogens with zero attached hydrogens (tertiary/aromatic N) is 2. The van der Waals surface area contributed by atoms with Gasteiger partial charge in [0.1, 0.15) is 17.9 Å². The lowest BCUT2D eigenvalue weighted by Crippen LogP contribution is -2.46. The number of nitrogens with one attached hydrogen (secondary N) is 1. The molecule has 0 radical (unpaired) electrons. The van der Waals surface area contributed by atoms with Crippen LogP contribution in [0.2, 0.25) is 0 Å². The van der Waals surface area contributed by atoms with Gasteiger partial charge in [0.2, 0.25) is 5.91 Å². The number of primary amides is 1. The highest BCUT2D eigenvalue weighted by atomic mass is 19.1. The number of nitrogens with two attached hydrogens (primary N) is 1. The molecule has 1 saturated heterocycles. The second kappa shape index (κ2) is 8.70. The van der Waals surface area contributed by atoms with E-state index in [0.29, 0.717) is 0 Å². The Morgan fingerprint density at radius 2 is 1.90 bits per heavy atom. The molecule has 0 unspecified atom stereocenters. The largest absolute Gasteiger partial charge is 0.454 e. The number of imide groups is 1. The summed E-state index contributed by atoms with van der Waals surface area (Å²) >= 11 is 0. The number of carbonyl (C=O) groups excluding carboxylic acids is 5. The van der Waals surface area contributed by atoms with Gasteiger partial charge in [-0.05, 0) is 49.9 Å². The number of rotatable bonds is 9. The van der Waals surface area contributed by atoms with Gasteiger partial charge >= 0.3 is 12.0 Å². The van der Waals surface area contributed by atoms with E-state index in [4.69, 9.17) is 10.5 Å². The highest BCUT2D eigenvalue weighted by Crippen LogP contribution is 2.42. The summed E-state index contributed by atoms with van der Waals surface area (Å²) in [6.45, 7) is 0.208. The van der Waals surface area contributed by atoms with Crippen molar-refractivity contribution in [1.29, 1.82) is 0 Å². The molecule has 0 spiro atoms. The van der Waals surface area contributed by atoms with Gasteiger partial charge in [-0.15, -0.1) is 0 Å². The average molecular weight is 434 g/mol. The van der Waals surface area contributed by atoms with Crippen LogP contribution in [0.3, 0.4) is 0 Å². The summed E-state index contributed by atoms with van der Waals surface area (Å²) in [4.78, 5) is 62.4. The Kier molecular flexibility index (Phi) is 6.23. The van der Waals surface area contributed by atoms with Gasteiger partial charge < -0.3 is 20.7 Å². The van der Waals surface area contributed by atoms with Crippen LogP contribution in [0.15, 0.2) is 24.3 Å². The third kappa shape index (κ3) is 4.98. The van der Waals surface area contributed by atoms with E-state index in [-0.39, 0.29) is 24.6 Å². The van der Waals surface area contributed by atoms with Gasteiger partial charge in [0.05, 0.1) is 0 Å². The zero-order valence-corrected chi connectivity index (χ0v) is 16.9. The first-order chi connectivity index (χ1) is 14.6. The maximum absolute atomic E-state index is 13.2. The molecule has 1 aromatic carbocycles. The Bertz CT molecular complexity index is 917. The Morgan fingerprint density at radius 3 is 2.48 bits per heavy atom. The van der Waals surface area contributed by atoms with Crippen molar-refractivity contribution in [3.8, 4) is 0 Å². The normalized spacial score (nSPS) is 20.4. The topological polar surface area (TPSA) is 139 Å². The number of amides is 5. The molecule has 1 aliphatic carbocycles. The van der Waals surface area contributed by atoms with Gasteiger partial charge in [0.15, 0.2) is 6.61 Å². The first kappa shape index (κ1) is 22.2. The second-order valence-corrected chi connectivity index (χ2v) is 7.70. The number of esters is 1. The summed E-state index contributed by atoms with van der Waals surface area (Å²) < 4.78 is 18.1. The molecule has 31 heavy (non-hydrogen) atoms. The van der Waals surface area contributed by atoms with Crippen LogP contribution in [0.1, 0.15) is 26.2 Å². The molecule has 3 rings (SSSR count). The van der Waals surface area contributed by atoms with E-state index in [1.165, 1.54) is 12.1 Å². The summed E-state index contributed by atoms with van der Waals surface area (Å²) in [5.41, 5.74) is 4.40. The van der Waals surface area contributed by atoms with Gasteiger partial charge in [-0.3, -0.25) is 24.1 Å². The van der Waals surface area contributed by atoms with E-state index in [2.05, 4.69) is 5.32 Å². The average Bonchev–Trinajstić information content (AvgIpc) is 3.54. The van der Waals surface area contributed by atoms with Crippen molar-refractivity contribution >= 4 is 35.4 Å². The van der Waals surface area contributed by atoms with Crippen molar-refractivity contribution in [3.63, 3.8) is 0 Å². The van der Waals surface area contributed by atoms with Crippen LogP contribution in [-0.2, 0) is 23.9 Å². The van der Waals surface area contributed by atoms with Gasteiger partial charge in [-0.25, -0.2) is 9.18 Å². The van der Waals surface area contributed by atoms with Crippen LogP contribution < -0.4 is 16.0 Å². The molecule has 2 fully saturated rings. The Hall–Kier alpha value is -3.50. The summed E-state index contributed by atoms with van der Waals surface area (Å²) in [7, 11) is 0. The molecular formula is C20H23FN4O6. The molecule has 11 heteroatoms. The van der Waals surface area contributed by atoms with Crippen molar-refractivity contribution in [1.82, 2.24) is 10.2 Å². The SMILES string of the molecule is C[C@@]1(C2CC2)NC(=O)N(CC(=O)OCC(=O)N(CCC(N)=O)c2ccc(F)cc2)C1=O. The summed E-state index contributed by atoms with van der Waals surface area (Å²) in [6, 6.07) is 4.27. The first-order valence-corrected chi connectivity index (χ1v) is 9.76. The molecular weight excluding hydrogens is 411 g/mol. The standard InChI is InChI=1S/C20H23FN4O6/c1-20(12-2-3-12)18(29)25(19(30)23-20)10-17(28)31-11-16(27)24(9-8-15(22)26)14-6-4-13(21)5-7-14/h4-7,12H,2-3,8-11H2,1H3,(H2,22,26)(H,23,30)/t20-/m0/s1. The third-order valence-electron chi connectivity index (χ3n) is 5.36. The van der Waals surface area contributed by atoms with Crippen LogP contribution in [0.5, 0.6) is 0 Å². The minimum absolute atomic E-state index is 0.0427. The summed E-state index contributed by atoms with van der Waals surface area (Å²) in [5.74, 6) is -3.23. The third-order valence-corrected chi connectivity index (χ3v) is 5.36. The Labute approximate surface area is 177 Å². The molecule has 1 aromatic rings. The number of anilines is 1. The highest BCUT2D eigenvalue weighted by Gasteiger charge is 2.56. The molecule has 0 bridgehead atoms. The van der Waals surface area contributed by atoms with Gasteiger partial charge in [-0.2, -0.15) is 0 Å². The van der Waals surface area contributed by atoms with Gasteiger partial charge in [-0.1, -0.05) is 0 Å². The van der Waals surface area contributed by atoms with Crippen molar-refractivity contribution in [2.24, 2.45) is 11.7 Å². The smallest absolute Gasteiger partial charge is 0.326 e. The van der Waals surface area contributed by atoms with E-state index < -0.39 is 54.2 Å². The molecule has 10 nitrogen and oxygen atoms in total. The van der Waals surface area contributed by atoms with Crippen LogP contribution >= 0.6 is 0 Å². The summed E-state index contributed by atoms with van der Waals surface area (Å²) in [5, 5.41) is 2.61. The Balaban J connectivity index is 1.59. The number of carbonyl (C=O) groups is 5. The lowest BCUT2D eigenvalue weighted by atomic mass is 9.96. The number of benzene rings is 1. The van der Waals surface area contributed by atoms with Crippen molar-refractivity contribution in [2.45, 2.75) is 31.7 Å². The predicted molar refractivity (Wildman–Crippen MR) is 105 cm³/mol. The predicted octanol–water partition coefficient (Wildman–Crippen LogP) is 0.298. The van der Waals surface area contributed by atoms with E-state index >= 15 is 0 Å². The van der Waals surface area contributed by atoms with Gasteiger partial charge in [0.25, 0.3) is 11.8 Å². The van der Waals surface area contributed by atoms with Crippen LogP contribution in [-0.4, -0.2) is 59.9 Å². The molecule has 2 aliphatic rings. The molecule has 3 N–H and O–H groups in total. The monoisotopic (exact) mass is 434 g/mol. The second-order valence-electron chi connectivity index (χ2n) is 7.70. The number of halogens is 1. The molecule has 1 aliphatic heterocycles. The maximum Gasteiger partial charge on any atom is 0.326 e. The lowest BCUT2D eigenvalue weighted by Gasteiger charge is -2.22. The quantitative estimate of drug-likeness (QED) is 0.423. The first-order valence-electron chi connectivity index (χ1n) is 9.76. The minimum atomic E-state index is -1.03. The van der Waals surface area contributed by atoms with E-state index in [1.807, 2.05) is 0 Å². The number of hydrogen-bond acceptors (Lipinski definition) is 6. The van der Waals surface area contributed by atoms with E-state index in [1.54, 1.807) is 6.92 Å². The van der Waals surface area contributed by atoms with Crippen molar-refractivity contribution in [2.75, 3.05) is 24.6 Å².